The van der Waals surface area contributed by atoms with E-state index in [1.165, 1.54) is 4.90 Å². The Morgan fingerprint density at radius 3 is 2.74 bits per heavy atom. The largest absolute Gasteiger partial charge is 0.397 e. The Bertz CT molecular complexity index is 618. The highest BCUT2D eigenvalue weighted by Crippen LogP contribution is 2.31. The molecule has 1 heterocycles. The molecule has 1 aromatic carbocycles. The van der Waals surface area contributed by atoms with E-state index in [1.54, 1.807) is 6.07 Å². The van der Waals surface area contributed by atoms with Crippen LogP contribution in [0.15, 0.2) is 18.2 Å². The summed E-state index contributed by atoms with van der Waals surface area (Å²) >= 11 is 2.13. The summed E-state index contributed by atoms with van der Waals surface area (Å²) in [4.78, 5) is 13.5. The van der Waals surface area contributed by atoms with Gasteiger partial charge < -0.3 is 10.6 Å². The number of hydrogen-bond donors (Lipinski definition) is 2. The maximum Gasteiger partial charge on any atom is 0.227 e. The van der Waals surface area contributed by atoms with Crippen LogP contribution < -0.4 is 15.8 Å². The van der Waals surface area contributed by atoms with Gasteiger partial charge in [0.15, 0.2) is 0 Å². The molecular weight excluding hydrogens is 381 g/mol. The van der Waals surface area contributed by atoms with Gasteiger partial charge in [0.05, 0.1) is 17.1 Å². The standard InChI is InChI=1S/C11H14IN3O3S/c12-8-1-2-9(13)10(4-8)15-5-7(3-11(15)16)6-19(14,17)18/h1-2,4,7H,3,5-6,13H2,(H2,14,17,18). The molecule has 1 aliphatic rings. The van der Waals surface area contributed by atoms with E-state index in [2.05, 4.69) is 22.6 Å². The molecule has 0 bridgehead atoms. The average molecular weight is 395 g/mol. The monoisotopic (exact) mass is 395 g/mol. The normalized spacial score (nSPS) is 20.0. The number of nitrogens with two attached hydrogens (primary N) is 2. The van der Waals surface area contributed by atoms with Gasteiger partial charge in [0, 0.05) is 22.5 Å². The van der Waals surface area contributed by atoms with Gasteiger partial charge in [-0.3, -0.25) is 4.79 Å². The Morgan fingerprint density at radius 1 is 1.42 bits per heavy atom. The highest BCUT2D eigenvalue weighted by Gasteiger charge is 2.33. The topological polar surface area (TPSA) is 106 Å². The fourth-order valence-electron chi connectivity index (χ4n) is 2.21. The summed E-state index contributed by atoms with van der Waals surface area (Å²) in [5, 5.41) is 5.02. The highest BCUT2D eigenvalue weighted by molar-refractivity contribution is 14.1. The molecular formula is C11H14IN3O3S. The smallest absolute Gasteiger partial charge is 0.227 e. The predicted molar refractivity (Wildman–Crippen MR) is 82.0 cm³/mol. The minimum Gasteiger partial charge on any atom is -0.397 e. The van der Waals surface area contributed by atoms with Crippen molar-refractivity contribution < 1.29 is 13.2 Å². The lowest BCUT2D eigenvalue weighted by molar-refractivity contribution is -0.117. The van der Waals surface area contributed by atoms with Gasteiger partial charge in [-0.25, -0.2) is 13.6 Å². The van der Waals surface area contributed by atoms with Crippen molar-refractivity contribution in [1.29, 1.82) is 0 Å². The minimum atomic E-state index is -3.57. The van der Waals surface area contributed by atoms with E-state index >= 15 is 0 Å². The zero-order valence-corrected chi connectivity index (χ0v) is 13.0. The van der Waals surface area contributed by atoms with Crippen molar-refractivity contribution in [3.05, 3.63) is 21.8 Å². The molecule has 0 spiro atoms. The van der Waals surface area contributed by atoms with Gasteiger partial charge in [-0.1, -0.05) is 0 Å². The van der Waals surface area contributed by atoms with Crippen LogP contribution in [0.25, 0.3) is 0 Å². The molecule has 1 amide bonds. The van der Waals surface area contributed by atoms with Crippen LogP contribution in [0, 0.1) is 9.49 Å². The summed E-state index contributed by atoms with van der Waals surface area (Å²) in [6.07, 6.45) is 0.182. The molecule has 1 unspecified atom stereocenters. The molecule has 6 nitrogen and oxygen atoms in total. The molecule has 19 heavy (non-hydrogen) atoms. The molecule has 4 N–H and O–H groups in total. The third-order valence-corrected chi connectivity index (χ3v) is 4.56. The molecule has 1 atom stereocenters. The number of primary sulfonamides is 1. The van der Waals surface area contributed by atoms with E-state index in [0.717, 1.165) is 3.57 Å². The third-order valence-electron chi connectivity index (χ3n) is 2.96. The average Bonchev–Trinajstić information content (AvgIpc) is 2.60. The third kappa shape index (κ3) is 3.57. The molecule has 1 fully saturated rings. The van der Waals surface area contributed by atoms with Gasteiger partial charge in [-0.15, -0.1) is 0 Å². The molecule has 1 aliphatic heterocycles. The first-order chi connectivity index (χ1) is 8.76. The Labute approximate surface area is 125 Å². The summed E-state index contributed by atoms with van der Waals surface area (Å²) in [5.74, 6) is -0.582. The van der Waals surface area contributed by atoms with Gasteiger partial charge in [0.2, 0.25) is 15.9 Å². The second-order valence-electron chi connectivity index (χ2n) is 4.61. The number of sulfonamides is 1. The van der Waals surface area contributed by atoms with E-state index < -0.39 is 10.0 Å². The van der Waals surface area contributed by atoms with Gasteiger partial charge >= 0.3 is 0 Å². The van der Waals surface area contributed by atoms with Crippen LogP contribution in [0.4, 0.5) is 11.4 Å². The van der Waals surface area contributed by atoms with E-state index in [4.69, 9.17) is 10.9 Å². The number of hydrogen-bond acceptors (Lipinski definition) is 4. The quantitative estimate of drug-likeness (QED) is 0.575. The summed E-state index contributed by atoms with van der Waals surface area (Å²) in [7, 11) is -3.57. The number of carbonyl (C=O) groups is 1. The minimum absolute atomic E-state index is 0.123. The Hall–Kier alpha value is -0.870. The van der Waals surface area contributed by atoms with Gasteiger partial charge in [-0.2, -0.15) is 0 Å². The SMILES string of the molecule is Nc1ccc(I)cc1N1CC(CS(N)(=O)=O)CC1=O. The molecule has 0 radical (unpaired) electrons. The molecule has 8 heteroatoms. The lowest BCUT2D eigenvalue weighted by atomic mass is 10.1. The first kappa shape index (κ1) is 14.5. The van der Waals surface area contributed by atoms with E-state index in [0.29, 0.717) is 17.9 Å². The second kappa shape index (κ2) is 5.25. The van der Waals surface area contributed by atoms with Gasteiger partial charge in [0.25, 0.3) is 0 Å². The second-order valence-corrected chi connectivity index (χ2v) is 7.51. The van der Waals surface area contributed by atoms with Gasteiger partial charge in [0.1, 0.15) is 0 Å². The number of anilines is 2. The summed E-state index contributed by atoms with van der Waals surface area (Å²) < 4.78 is 23.1. The predicted octanol–water partition coefficient (Wildman–Crippen LogP) is 0.515. The maximum absolute atomic E-state index is 12.0. The Kier molecular flexibility index (Phi) is 4.02. The number of benzene rings is 1. The first-order valence-electron chi connectivity index (χ1n) is 5.62. The van der Waals surface area contributed by atoms with Crippen LogP contribution in [0.1, 0.15) is 6.42 Å². The van der Waals surface area contributed by atoms with Crippen LogP contribution >= 0.6 is 22.6 Å². The molecule has 0 aromatic heterocycles. The summed E-state index contributed by atoms with van der Waals surface area (Å²) in [6.45, 7) is 0.333. The number of nitrogens with zero attached hydrogens (tertiary/aromatic N) is 1. The molecule has 2 rings (SSSR count). The van der Waals surface area contributed by atoms with Crippen molar-refractivity contribution in [1.82, 2.24) is 0 Å². The van der Waals surface area contributed by atoms with E-state index in [9.17, 15) is 13.2 Å². The van der Waals surface area contributed by atoms with Gasteiger partial charge in [-0.05, 0) is 40.8 Å². The maximum atomic E-state index is 12.0. The van der Waals surface area contributed by atoms with Crippen molar-refractivity contribution in [3.8, 4) is 0 Å². The number of amides is 1. The van der Waals surface area contributed by atoms with Crippen LogP contribution in [0.3, 0.4) is 0 Å². The lowest BCUT2D eigenvalue weighted by Crippen LogP contribution is -2.28. The lowest BCUT2D eigenvalue weighted by Gasteiger charge is -2.19. The van der Waals surface area contributed by atoms with Crippen LogP contribution in [0.5, 0.6) is 0 Å². The molecule has 1 saturated heterocycles. The van der Waals surface area contributed by atoms with Crippen LogP contribution in [0.2, 0.25) is 0 Å². The van der Waals surface area contributed by atoms with Crippen molar-refractivity contribution >= 4 is 49.9 Å². The molecule has 1 aromatic rings. The molecule has 104 valence electrons. The molecule has 0 aliphatic carbocycles. The van der Waals surface area contributed by atoms with Crippen molar-refractivity contribution in [2.24, 2.45) is 11.1 Å². The van der Waals surface area contributed by atoms with Crippen molar-refractivity contribution in [2.75, 3.05) is 22.9 Å². The van der Waals surface area contributed by atoms with Crippen molar-refractivity contribution in [2.45, 2.75) is 6.42 Å². The van der Waals surface area contributed by atoms with E-state index in [-0.39, 0.29) is 24.0 Å². The first-order valence-corrected chi connectivity index (χ1v) is 8.41. The Morgan fingerprint density at radius 2 is 2.11 bits per heavy atom. The number of halogens is 1. The highest BCUT2D eigenvalue weighted by atomic mass is 127. The van der Waals surface area contributed by atoms with Crippen LogP contribution in [-0.4, -0.2) is 26.6 Å². The zero-order valence-electron chi connectivity index (χ0n) is 10.0. The Balaban J connectivity index is 2.23. The summed E-state index contributed by atoms with van der Waals surface area (Å²) in [6, 6.07) is 5.40. The summed E-state index contributed by atoms with van der Waals surface area (Å²) in [5.41, 5.74) is 7.00. The zero-order chi connectivity index (χ0) is 14.2. The van der Waals surface area contributed by atoms with E-state index in [1.807, 2.05) is 12.1 Å². The van der Waals surface area contributed by atoms with Crippen LogP contribution in [-0.2, 0) is 14.8 Å². The molecule has 0 saturated carbocycles. The van der Waals surface area contributed by atoms with Crippen molar-refractivity contribution in [3.63, 3.8) is 0 Å². The fraction of sp³-hybridized carbons (Fsp3) is 0.364. The number of rotatable bonds is 3. The number of carbonyl (C=O) groups excluding carboxylic acids is 1. The fourth-order valence-corrected chi connectivity index (χ4v) is 3.56. The number of nitrogen functional groups attached to an aromatic ring is 1.